The summed E-state index contributed by atoms with van der Waals surface area (Å²) >= 11 is 0. The first kappa shape index (κ1) is 14.7. The zero-order valence-corrected chi connectivity index (χ0v) is 11.8. The predicted molar refractivity (Wildman–Crippen MR) is 77.5 cm³/mol. The molecule has 1 atom stereocenters. The minimum atomic E-state index is -3.68. The van der Waals surface area contributed by atoms with Crippen LogP contribution >= 0.6 is 0 Å². The van der Waals surface area contributed by atoms with Gasteiger partial charge in [-0.2, -0.15) is 0 Å². The highest BCUT2D eigenvalue weighted by Crippen LogP contribution is 2.20. The van der Waals surface area contributed by atoms with Gasteiger partial charge in [-0.1, -0.05) is 42.5 Å². The summed E-state index contributed by atoms with van der Waals surface area (Å²) in [6, 6.07) is 15.9. The van der Waals surface area contributed by atoms with Gasteiger partial charge in [0.2, 0.25) is 10.0 Å². The highest BCUT2D eigenvalue weighted by molar-refractivity contribution is 7.89. The highest BCUT2D eigenvalue weighted by Gasteiger charge is 2.11. The minimum absolute atomic E-state index is 0.0523. The Morgan fingerprint density at radius 3 is 2.15 bits per heavy atom. The molecule has 0 aromatic heterocycles. The Kier molecular flexibility index (Phi) is 4.54. The van der Waals surface area contributed by atoms with Gasteiger partial charge in [0.1, 0.15) is 0 Å². The molecule has 0 fully saturated rings. The predicted octanol–water partition coefficient (Wildman–Crippen LogP) is 2.00. The normalized spacial score (nSPS) is 13.1. The molecule has 2 aromatic carbocycles. The van der Waals surface area contributed by atoms with Crippen molar-refractivity contribution in [1.82, 2.24) is 0 Å². The van der Waals surface area contributed by atoms with Crippen LogP contribution in [0.15, 0.2) is 59.5 Å². The van der Waals surface area contributed by atoms with Crippen molar-refractivity contribution in [3.63, 3.8) is 0 Å². The molecule has 0 radical (unpaired) electrons. The van der Waals surface area contributed by atoms with Crippen molar-refractivity contribution in [3.8, 4) is 0 Å². The molecule has 0 bridgehead atoms. The summed E-state index contributed by atoms with van der Waals surface area (Å²) in [5, 5.41) is 15.1. The number of aliphatic hydroxyl groups excluding tert-OH is 1. The molecule has 0 heterocycles. The quantitative estimate of drug-likeness (QED) is 0.884. The van der Waals surface area contributed by atoms with Gasteiger partial charge in [0.05, 0.1) is 11.0 Å². The third-order valence-corrected chi connectivity index (χ3v) is 4.07. The van der Waals surface area contributed by atoms with Gasteiger partial charge in [-0.05, 0) is 36.1 Å². The van der Waals surface area contributed by atoms with Crippen LogP contribution in [-0.2, 0) is 16.4 Å². The van der Waals surface area contributed by atoms with Gasteiger partial charge in [-0.25, -0.2) is 13.6 Å². The molecule has 0 aliphatic carbocycles. The average molecular weight is 291 g/mol. The summed E-state index contributed by atoms with van der Waals surface area (Å²) in [5.41, 5.74) is 1.85. The van der Waals surface area contributed by atoms with Gasteiger partial charge in [-0.15, -0.1) is 0 Å². The zero-order chi connectivity index (χ0) is 14.6. The number of aryl methyl sites for hydroxylation is 1. The maximum atomic E-state index is 11.1. The number of hydrogen-bond acceptors (Lipinski definition) is 3. The van der Waals surface area contributed by atoms with Gasteiger partial charge < -0.3 is 5.11 Å². The molecular formula is C15H17NO3S. The summed E-state index contributed by atoms with van der Waals surface area (Å²) in [6.45, 7) is 0. The molecule has 0 amide bonds. The van der Waals surface area contributed by atoms with Crippen LogP contribution in [-0.4, -0.2) is 13.5 Å². The van der Waals surface area contributed by atoms with Crippen LogP contribution in [0.4, 0.5) is 0 Å². The molecule has 0 spiro atoms. The van der Waals surface area contributed by atoms with E-state index in [9.17, 15) is 13.5 Å². The molecule has 2 aromatic rings. The standard InChI is InChI=1S/C15H17NO3S/c16-20(18,19)14-9-7-13(8-10-14)15(17)11-6-12-4-2-1-3-5-12/h1-5,7-10,15,17H,6,11H2,(H2,16,18,19). The SMILES string of the molecule is NS(=O)(=O)c1ccc(C(O)CCc2ccccc2)cc1. The van der Waals surface area contributed by atoms with Crippen molar-refractivity contribution in [2.75, 3.05) is 0 Å². The minimum Gasteiger partial charge on any atom is -0.388 e. The van der Waals surface area contributed by atoms with E-state index in [1.807, 2.05) is 30.3 Å². The molecule has 2 rings (SSSR count). The van der Waals surface area contributed by atoms with Crippen LogP contribution < -0.4 is 5.14 Å². The Bertz CT molecular complexity index is 651. The van der Waals surface area contributed by atoms with Gasteiger partial charge in [0.15, 0.2) is 0 Å². The number of benzene rings is 2. The molecular weight excluding hydrogens is 274 g/mol. The molecule has 20 heavy (non-hydrogen) atoms. The first-order valence-electron chi connectivity index (χ1n) is 6.31. The van der Waals surface area contributed by atoms with Crippen LogP contribution in [0.2, 0.25) is 0 Å². The fraction of sp³-hybridized carbons (Fsp3) is 0.200. The molecule has 5 heteroatoms. The largest absolute Gasteiger partial charge is 0.388 e. The Morgan fingerprint density at radius 2 is 1.60 bits per heavy atom. The van der Waals surface area contributed by atoms with Crippen molar-refractivity contribution in [2.45, 2.75) is 23.8 Å². The second-order valence-electron chi connectivity index (χ2n) is 4.65. The Hall–Kier alpha value is -1.69. The number of rotatable bonds is 5. The lowest BCUT2D eigenvalue weighted by atomic mass is 10.0. The third-order valence-electron chi connectivity index (χ3n) is 3.14. The molecule has 4 nitrogen and oxygen atoms in total. The third kappa shape index (κ3) is 3.90. The molecule has 0 aliphatic rings. The first-order chi connectivity index (χ1) is 9.47. The second-order valence-corrected chi connectivity index (χ2v) is 6.22. The highest BCUT2D eigenvalue weighted by atomic mass is 32.2. The number of aliphatic hydroxyl groups is 1. The van der Waals surface area contributed by atoms with Crippen LogP contribution in [0.1, 0.15) is 23.7 Å². The Balaban J connectivity index is 2.01. The lowest BCUT2D eigenvalue weighted by Crippen LogP contribution is -2.12. The summed E-state index contributed by atoms with van der Waals surface area (Å²) in [7, 11) is -3.68. The summed E-state index contributed by atoms with van der Waals surface area (Å²) in [5.74, 6) is 0. The van der Waals surface area contributed by atoms with E-state index in [2.05, 4.69) is 0 Å². The van der Waals surface area contributed by atoms with E-state index in [0.717, 1.165) is 12.0 Å². The number of primary sulfonamides is 1. The van der Waals surface area contributed by atoms with Crippen LogP contribution in [0.5, 0.6) is 0 Å². The molecule has 1 unspecified atom stereocenters. The van der Waals surface area contributed by atoms with Crippen LogP contribution in [0.3, 0.4) is 0 Å². The van der Waals surface area contributed by atoms with Crippen molar-refractivity contribution >= 4 is 10.0 Å². The fourth-order valence-corrected chi connectivity index (χ4v) is 2.51. The Labute approximate surface area is 118 Å². The van der Waals surface area contributed by atoms with E-state index in [0.29, 0.717) is 12.0 Å². The van der Waals surface area contributed by atoms with Gasteiger partial charge >= 0.3 is 0 Å². The van der Waals surface area contributed by atoms with Gasteiger partial charge in [-0.3, -0.25) is 0 Å². The van der Waals surface area contributed by atoms with Crippen LogP contribution in [0, 0.1) is 0 Å². The van der Waals surface area contributed by atoms with E-state index in [4.69, 9.17) is 5.14 Å². The van der Waals surface area contributed by atoms with E-state index in [1.54, 1.807) is 12.1 Å². The van der Waals surface area contributed by atoms with Crippen molar-refractivity contribution in [1.29, 1.82) is 0 Å². The molecule has 0 aliphatic heterocycles. The maximum absolute atomic E-state index is 11.1. The second kappa shape index (κ2) is 6.17. The fourth-order valence-electron chi connectivity index (χ4n) is 1.99. The average Bonchev–Trinajstić information content (AvgIpc) is 2.45. The monoisotopic (exact) mass is 291 g/mol. The zero-order valence-electron chi connectivity index (χ0n) is 10.9. The van der Waals surface area contributed by atoms with Gasteiger partial charge in [0, 0.05) is 0 Å². The topological polar surface area (TPSA) is 80.4 Å². The molecule has 3 N–H and O–H groups in total. The lowest BCUT2D eigenvalue weighted by molar-refractivity contribution is 0.168. The number of sulfonamides is 1. The number of nitrogens with two attached hydrogens (primary N) is 1. The number of hydrogen-bond donors (Lipinski definition) is 2. The molecule has 0 saturated carbocycles. The molecule has 0 saturated heterocycles. The van der Waals surface area contributed by atoms with Crippen LogP contribution in [0.25, 0.3) is 0 Å². The van der Waals surface area contributed by atoms with E-state index in [1.165, 1.54) is 12.1 Å². The van der Waals surface area contributed by atoms with Crippen molar-refractivity contribution in [3.05, 3.63) is 65.7 Å². The maximum Gasteiger partial charge on any atom is 0.238 e. The van der Waals surface area contributed by atoms with Crippen molar-refractivity contribution in [2.24, 2.45) is 5.14 Å². The Morgan fingerprint density at radius 1 is 1.00 bits per heavy atom. The van der Waals surface area contributed by atoms with Crippen molar-refractivity contribution < 1.29 is 13.5 Å². The summed E-state index contributed by atoms with van der Waals surface area (Å²) in [4.78, 5) is 0.0523. The van der Waals surface area contributed by atoms with E-state index in [-0.39, 0.29) is 4.90 Å². The summed E-state index contributed by atoms with van der Waals surface area (Å²) in [6.07, 6.45) is 0.724. The lowest BCUT2D eigenvalue weighted by Gasteiger charge is -2.11. The smallest absolute Gasteiger partial charge is 0.238 e. The summed E-state index contributed by atoms with van der Waals surface area (Å²) < 4.78 is 22.3. The van der Waals surface area contributed by atoms with Gasteiger partial charge in [0.25, 0.3) is 0 Å². The first-order valence-corrected chi connectivity index (χ1v) is 7.86. The van der Waals surface area contributed by atoms with E-state index < -0.39 is 16.1 Å². The molecule has 106 valence electrons. The van der Waals surface area contributed by atoms with E-state index >= 15 is 0 Å².